The molecule has 7 aliphatic rings. The van der Waals surface area contributed by atoms with Crippen molar-refractivity contribution in [1.29, 1.82) is 0 Å². The molecule has 0 aromatic carbocycles. The fourth-order valence-electron chi connectivity index (χ4n) is 17.6. The van der Waals surface area contributed by atoms with E-state index in [4.69, 9.17) is 214 Å². The molecular weight excluding hydrogens is 2240 g/mol. The van der Waals surface area contributed by atoms with Crippen LogP contribution in [-0.4, -0.2) is 249 Å². The third-order valence-corrected chi connectivity index (χ3v) is 35.7. The average molecular weight is 2320 g/mol. The Morgan fingerprint density at radius 2 is 0.642 bits per heavy atom. The second-order valence-corrected chi connectivity index (χ2v) is 53.2. The van der Waals surface area contributed by atoms with E-state index in [9.17, 15) is 43.6 Å². The Labute approximate surface area is 867 Å². The fraction of sp³-hybridized carbons (Fsp3) is 0.542. The SMILES string of the molecule is CC[C@H]1O[C@@H](n2cnc3c(N)ncnc32)C[C@H]1OP([O-])(=S)OC[C@H]1O[C@@H](n2cnc3c(N)ncnc32)C[C@H]1OP([O-])(=S)OC[C@H]1O[C@@H](n2cnc3c(N)ncnc32)C[C@H]1OP(=O)([S-])OC[C@H]1O[C@@H](n2cc(C)c(=O)[nH]c2=O)C[C@H]1OP([O-])(=S)OC[C@H]1O[C@@H](n2cc(C)c(N)nc2=O)C[C@H]1OP([O-])(=S)OC[C@H]1O[C@@H](n2cnc3c(N)ncnc32)C[C@H]1OP([O-])(=S)OC[C@H]1O[C@@H](n2cnc3c(=O)[nH]c(N)nc32)C[C@H]1OP([O-])(=S)OC. The number of nitrogens with two attached hydrogens (primary N) is 6. The third-order valence-electron chi connectivity index (χ3n) is 24.6. The Bertz CT molecular complexity index is 7680. The lowest BCUT2D eigenvalue weighted by atomic mass is 10.1. The van der Waals surface area contributed by atoms with Crippen molar-refractivity contribution >= 4 is 221 Å². The summed E-state index contributed by atoms with van der Waals surface area (Å²) in [6.07, 6.45) is -14.4. The molecule has 14 N–H and O–H groups in total. The Morgan fingerprint density at radius 1 is 0.358 bits per heavy atom. The van der Waals surface area contributed by atoms with Crippen molar-refractivity contribution < 1.29 is 130 Å². The van der Waals surface area contributed by atoms with E-state index in [1.165, 1.54) is 82.6 Å². The summed E-state index contributed by atoms with van der Waals surface area (Å²) in [6, 6.07) is 0. The molecule has 0 bridgehead atoms. The molecule has 12 aromatic rings. The molecule has 19 heterocycles. The minimum absolute atomic E-state index is 0.00852. The summed E-state index contributed by atoms with van der Waals surface area (Å²) in [6.45, 7) is -33.4. The van der Waals surface area contributed by atoms with Crippen LogP contribution in [0.25, 0.3) is 55.8 Å². The first kappa shape index (κ1) is 109. The Balaban J connectivity index is 0.535. The second-order valence-electron chi connectivity index (χ2n) is 34.1. The quantitative estimate of drug-likeness (QED) is 0.0158. The van der Waals surface area contributed by atoms with Crippen LogP contribution in [0.5, 0.6) is 0 Å². The van der Waals surface area contributed by atoms with Gasteiger partial charge < -0.3 is 173 Å². The summed E-state index contributed by atoms with van der Waals surface area (Å²) in [5.41, 5.74) is 35.0. The molecule has 12 aromatic heterocycles. The van der Waals surface area contributed by atoms with Gasteiger partial charge in [-0.05, 0) is 20.3 Å². The average Bonchev–Trinajstić information content (AvgIpc) is 1.64. The molecule has 7 saturated heterocycles. The highest BCUT2D eigenvalue weighted by Gasteiger charge is 2.50. The second kappa shape index (κ2) is 43.6. The van der Waals surface area contributed by atoms with Gasteiger partial charge in [-0.1, -0.05) is 77.8 Å². The summed E-state index contributed by atoms with van der Waals surface area (Å²) in [7, 11) is 1.05. The zero-order valence-corrected chi connectivity index (χ0v) is 88.7. The number of aromatic amines is 2. The number of imidazole rings is 5. The smallest absolute Gasteiger partial charge is 0.351 e. The number of hydrogen-bond donors (Lipinski definition) is 8. The van der Waals surface area contributed by atoms with E-state index in [1.807, 2.05) is 6.92 Å². The summed E-state index contributed by atoms with van der Waals surface area (Å²) >= 11 is 38.4. The topological polar surface area (TPSA) is 833 Å². The number of hydrogen-bond acceptors (Lipinski definition) is 60. The lowest BCUT2D eigenvalue weighted by Crippen LogP contribution is -2.34. The molecule has 148 heavy (non-hydrogen) atoms. The number of ether oxygens (including phenoxy) is 7. The van der Waals surface area contributed by atoms with Gasteiger partial charge in [0.15, 0.2) is 63.8 Å². The molecule has 19 rings (SSSR count). The van der Waals surface area contributed by atoms with Crippen LogP contribution in [0.3, 0.4) is 0 Å². The van der Waals surface area contributed by atoms with E-state index in [-0.39, 0.29) is 117 Å². The highest BCUT2D eigenvalue weighted by Crippen LogP contribution is 2.57. The van der Waals surface area contributed by atoms with Crippen molar-refractivity contribution in [3.8, 4) is 0 Å². The van der Waals surface area contributed by atoms with Crippen LogP contribution in [0.15, 0.2) is 88.5 Å². The maximum absolute atomic E-state index is 15.1. The van der Waals surface area contributed by atoms with Crippen LogP contribution >= 0.6 is 47.1 Å². The molecule has 7 unspecified atom stereocenters. The van der Waals surface area contributed by atoms with Gasteiger partial charge in [-0.3, -0.25) is 56.1 Å². The highest BCUT2D eigenvalue weighted by molar-refractivity contribution is 8.32. The molecule has 28 atom stereocenters. The lowest BCUT2D eigenvalue weighted by molar-refractivity contribution is -0.222. The van der Waals surface area contributed by atoms with Gasteiger partial charge in [0, 0.05) is 75.6 Å². The standard InChI is InChI=1S/C72H93N30O32P7S7/c1-5-32-33(6-48(121-32)98-25-87-53-59(74)79-21-83-63(53)98)129-136(108,143)115-18-43-37(10-49(124-43)99-26-88-54-60(75)80-22-84-64(54)99)134-141(113,148)120-20-45-39(12-51(126-45)101-28-90-56-62(77)82-24-86-66(56)101)133-140(112,147)118-17-42-36(8-47(123-42)97-14-31(3)68(103)95-72(97)106)131-137(109,144)117-16-41-35(7-46(122-41)96-13-30(2)58(73)92-71(96)105)130-138(110,145)119-19-44-38(11-50(125-44)100-27-89-55-61(76)81-23-85-65(55)100)132-139(111,146)116-15-40-34(128-135(107,142)114-4)9-52(127-40)102-29-91-57-67(102)93-70(78)94-69(57)104/h13-14,21-29,32-52H,5-12,15-20H2,1-4H3,(H,107,142)(H,108,143)(H,109,144)(H,110,145)(H,111,146)(H,112,147)(H,113,148)(H2,73,92,105)(H2,74,79,83)(H2,75,80,84)(H2,76,81,85)(H2,77,82,86)(H,95,103,106)(H3,78,93,94,104)/p-7/t32-,33-,34-,35-,36-,37-,38-,39-,40-,41-,42-,43-,44-,45-,46-,47-,48-,49-,50-,51-,52-,135?,136?,137?,138?,139?,140?,141?/m1/s1. The summed E-state index contributed by atoms with van der Waals surface area (Å²) in [5.74, 6) is -0.258. The Hall–Kier alpha value is -7.69. The van der Waals surface area contributed by atoms with Crippen LogP contribution in [0.2, 0.25) is 0 Å². The molecule has 800 valence electrons. The number of aryl methyl sites for hydroxylation is 2. The van der Waals surface area contributed by atoms with Crippen molar-refractivity contribution in [2.24, 2.45) is 0 Å². The van der Waals surface area contributed by atoms with Crippen molar-refractivity contribution in [1.82, 2.24) is 117 Å². The van der Waals surface area contributed by atoms with Crippen LogP contribution in [0, 0.1) is 13.8 Å². The Morgan fingerprint density at radius 3 is 0.980 bits per heavy atom. The van der Waals surface area contributed by atoms with Crippen LogP contribution in [0.1, 0.15) is 113 Å². The molecular formula is C72H86N30O32P7S7-7. The van der Waals surface area contributed by atoms with Crippen molar-refractivity contribution in [2.75, 3.05) is 81.2 Å². The molecule has 76 heteroatoms. The first-order valence-electron chi connectivity index (χ1n) is 44.3. The van der Waals surface area contributed by atoms with Crippen LogP contribution in [-0.2, 0) is 184 Å². The number of nitrogen functional groups attached to an aromatic ring is 6. The number of nitrogens with zero attached hydrogens (tertiary/aromatic N) is 22. The first-order valence-corrected chi connectivity index (χ1v) is 62.2. The van der Waals surface area contributed by atoms with Gasteiger partial charge in [-0.15, -0.1) is 0 Å². The molecule has 7 fully saturated rings. The number of aromatic nitrogens is 24. The van der Waals surface area contributed by atoms with Gasteiger partial charge >= 0.3 is 11.4 Å². The zero-order valence-electron chi connectivity index (χ0n) is 76.7. The summed E-state index contributed by atoms with van der Waals surface area (Å²) in [5, 5.41) is 0. The van der Waals surface area contributed by atoms with Crippen molar-refractivity contribution in [3.05, 3.63) is 122 Å². The van der Waals surface area contributed by atoms with Gasteiger partial charge in [-0.25, -0.2) is 74.4 Å². The van der Waals surface area contributed by atoms with Gasteiger partial charge in [0.2, 0.25) is 5.95 Å². The van der Waals surface area contributed by atoms with Crippen molar-refractivity contribution in [2.45, 2.75) is 201 Å². The normalized spacial score (nSPS) is 29.3. The van der Waals surface area contributed by atoms with Gasteiger partial charge in [-0.2, -0.15) is 9.97 Å². The van der Waals surface area contributed by atoms with E-state index >= 15 is 9.46 Å². The summed E-state index contributed by atoms with van der Waals surface area (Å²) < 4.78 is 152. The number of anilines is 6. The number of nitrogens with one attached hydrogen (secondary N) is 2. The molecule has 62 nitrogen and oxygen atoms in total. The number of H-pyrrole nitrogens is 2. The minimum Gasteiger partial charge on any atom is -0.780 e. The predicted molar refractivity (Wildman–Crippen MR) is 523 cm³/mol. The van der Waals surface area contributed by atoms with E-state index in [0.29, 0.717) is 23.1 Å². The molecule has 0 amide bonds. The zero-order chi connectivity index (χ0) is 105. The largest absolute Gasteiger partial charge is 0.780 e. The van der Waals surface area contributed by atoms with Crippen molar-refractivity contribution in [3.63, 3.8) is 0 Å². The fourth-order valence-corrected chi connectivity index (χ4v) is 27.3. The third kappa shape index (κ3) is 24.0. The van der Waals surface area contributed by atoms with Gasteiger partial charge in [0.25, 0.3) is 11.1 Å². The Kier molecular flexibility index (Phi) is 32.0. The van der Waals surface area contributed by atoms with Gasteiger partial charge in [0.1, 0.15) is 174 Å². The van der Waals surface area contributed by atoms with Crippen LogP contribution < -0.4 is 86.3 Å². The van der Waals surface area contributed by atoms with Gasteiger partial charge in [0.05, 0.1) is 120 Å². The number of rotatable bonds is 41. The van der Waals surface area contributed by atoms with E-state index < -0.39 is 251 Å². The van der Waals surface area contributed by atoms with E-state index in [2.05, 4.69) is 84.7 Å². The monoisotopic (exact) mass is 2320 g/mol. The maximum Gasteiger partial charge on any atom is 0.351 e. The number of fused-ring (bicyclic) bond motifs is 5. The summed E-state index contributed by atoms with van der Waals surface area (Å²) in [4.78, 5) is 207. The maximum atomic E-state index is 15.1. The predicted octanol–water partition coefficient (Wildman–Crippen LogP) is -1.57. The molecule has 7 aliphatic heterocycles. The minimum atomic E-state index is -5.04. The highest BCUT2D eigenvalue weighted by atomic mass is 32.7. The molecule has 0 aliphatic carbocycles. The van der Waals surface area contributed by atoms with E-state index in [1.54, 1.807) is 4.57 Å². The van der Waals surface area contributed by atoms with Crippen LogP contribution in [0.4, 0.5) is 35.0 Å². The van der Waals surface area contributed by atoms with E-state index in [0.717, 1.165) is 35.1 Å². The molecule has 0 saturated carbocycles. The lowest BCUT2D eigenvalue weighted by Gasteiger charge is -2.36. The first-order chi connectivity index (χ1) is 70.2. The molecule has 0 spiro atoms. The molecule has 0 radical (unpaired) electrons.